The second-order valence-corrected chi connectivity index (χ2v) is 18.5. The lowest BCUT2D eigenvalue weighted by Crippen LogP contribution is -2.70. The summed E-state index contributed by atoms with van der Waals surface area (Å²) in [6, 6.07) is 34.8. The minimum absolute atomic E-state index is 0.0144. The van der Waals surface area contributed by atoms with E-state index in [0.29, 0.717) is 52.9 Å². The number of aliphatic hydroxyl groups is 2. The Hall–Kier alpha value is -7.20. The van der Waals surface area contributed by atoms with Crippen LogP contribution >= 0.6 is 0 Å². The van der Waals surface area contributed by atoms with Crippen LogP contribution in [0.2, 0.25) is 0 Å². The second kappa shape index (κ2) is 22.9. The highest BCUT2D eigenvalue weighted by Gasteiger charge is 2.65. The number of unbranched alkanes of at least 4 members (excludes halogenated alkanes) is 2. The first-order chi connectivity index (χ1) is 35.2. The molecule has 0 aromatic heterocycles. The summed E-state index contributed by atoms with van der Waals surface area (Å²) in [5.74, 6) is 0.459. The van der Waals surface area contributed by atoms with Crippen LogP contribution in [-0.4, -0.2) is 76.9 Å². The summed E-state index contributed by atoms with van der Waals surface area (Å²) >= 11 is 0. The molecule has 0 unspecified atom stereocenters. The number of hydrogen-bond donors (Lipinski definition) is 2. The van der Waals surface area contributed by atoms with E-state index in [1.54, 1.807) is 30.0 Å². The summed E-state index contributed by atoms with van der Waals surface area (Å²) in [5.41, 5.74) is 5.87. The standard InChI is InChI=1S/C57H61N3O12/c1-3-30-69-57-53(59(56(63)66-4-2)35-39-18-26-51-52(31-39)68-37-67-51)34-49(58-70-36-38-16-21-43(22-17-38)60(64)65)47-32-42(14-8-10-28-61)46(15-9-11-29-62)54(55(47)57)48-33-45(25-27-50(48)72-57)71-44-23-19-41(20-24-44)40-12-6-5-7-13-40/h3,5-7,12-13,16-27,31-33,42,46,53-55,61-62H,1,4,8-11,14-15,28-30,34-37H2,2H3/t42-,46+,53-,54+,55+,57+/m0/s1. The molecule has 1 amide bonds. The van der Waals surface area contributed by atoms with Crippen molar-refractivity contribution < 1.29 is 53.2 Å². The number of amides is 1. The van der Waals surface area contributed by atoms with Crippen LogP contribution in [0.3, 0.4) is 0 Å². The van der Waals surface area contributed by atoms with Crippen LogP contribution in [-0.2, 0) is 27.5 Å². The molecule has 6 atom stereocenters. The molecule has 5 aromatic rings. The summed E-state index contributed by atoms with van der Waals surface area (Å²) in [4.78, 5) is 33.6. The van der Waals surface area contributed by atoms with E-state index in [2.05, 4.69) is 30.9 Å². The largest absolute Gasteiger partial charge is 0.459 e. The van der Waals surface area contributed by atoms with Crippen LogP contribution in [0.25, 0.3) is 11.1 Å². The molecule has 0 saturated heterocycles. The van der Waals surface area contributed by atoms with Gasteiger partial charge in [-0.3, -0.25) is 15.0 Å². The van der Waals surface area contributed by atoms with Crippen LogP contribution in [0, 0.1) is 27.9 Å². The van der Waals surface area contributed by atoms with Gasteiger partial charge in [-0.2, -0.15) is 0 Å². The van der Waals surface area contributed by atoms with Crippen molar-refractivity contribution in [2.75, 3.05) is 33.2 Å². The number of rotatable bonds is 22. The molecule has 2 heterocycles. The van der Waals surface area contributed by atoms with E-state index in [1.807, 2.05) is 72.8 Å². The molecule has 1 fully saturated rings. The van der Waals surface area contributed by atoms with Crippen molar-refractivity contribution in [3.63, 3.8) is 0 Å². The summed E-state index contributed by atoms with van der Waals surface area (Å²) in [6.45, 7) is 6.26. The molecule has 2 aliphatic heterocycles. The third-order valence-corrected chi connectivity index (χ3v) is 14.1. The van der Waals surface area contributed by atoms with Gasteiger partial charge in [0, 0.05) is 49.8 Å². The quantitative estimate of drug-likeness (QED) is 0.0290. The minimum Gasteiger partial charge on any atom is -0.459 e. The number of ether oxygens (including phenoxy) is 6. The van der Waals surface area contributed by atoms with Gasteiger partial charge in [0.25, 0.3) is 5.69 Å². The number of oxime groups is 1. The first-order valence-electron chi connectivity index (χ1n) is 24.8. The number of benzene rings is 5. The molecule has 2 N–H and O–H groups in total. The molecule has 0 radical (unpaired) electrons. The molecular weight excluding hydrogens is 919 g/mol. The number of hydrogen-bond acceptors (Lipinski definition) is 13. The highest BCUT2D eigenvalue weighted by atomic mass is 16.7. The molecule has 1 saturated carbocycles. The molecule has 15 nitrogen and oxygen atoms in total. The maximum absolute atomic E-state index is 14.7. The number of nitrogens with zero attached hydrogens (tertiary/aromatic N) is 3. The SMILES string of the molecule is C=CCO[C@@]12Oc3ccc(Oc4ccc(-c5ccccc5)cc4)cc3[C@H]3[C@H](CCCCO)[C@@H](CCCCO)C=C(C(=NOCc4ccc([N+](=O)[O-])cc4)C[C@@H]1N(Cc1ccc4c(c1)OCO4)C(=O)OCC)[C@H]32. The van der Waals surface area contributed by atoms with Gasteiger partial charge in [-0.25, -0.2) is 4.79 Å². The highest BCUT2D eigenvalue weighted by molar-refractivity contribution is 6.03. The monoisotopic (exact) mass is 979 g/mol. The van der Waals surface area contributed by atoms with E-state index in [0.717, 1.165) is 53.5 Å². The molecule has 2 aliphatic carbocycles. The van der Waals surface area contributed by atoms with Gasteiger partial charge < -0.3 is 43.5 Å². The van der Waals surface area contributed by atoms with Crippen LogP contribution in [0.15, 0.2) is 145 Å². The number of allylic oxidation sites excluding steroid dienone is 1. The Balaban J connectivity index is 1.20. The first kappa shape index (κ1) is 49.8. The Labute approximate surface area is 419 Å². The Morgan fingerprint density at radius 2 is 1.57 bits per heavy atom. The highest BCUT2D eigenvalue weighted by Crippen LogP contribution is 2.62. The summed E-state index contributed by atoms with van der Waals surface area (Å²) in [5, 5.41) is 36.5. The second-order valence-electron chi connectivity index (χ2n) is 18.5. The molecule has 376 valence electrons. The molecular formula is C57H61N3O12. The predicted molar refractivity (Wildman–Crippen MR) is 270 cm³/mol. The van der Waals surface area contributed by atoms with Gasteiger partial charge >= 0.3 is 6.09 Å². The topological polar surface area (TPSA) is 181 Å². The number of aliphatic hydroxyl groups excluding tert-OH is 2. The Kier molecular flexibility index (Phi) is 15.8. The molecule has 0 bridgehead atoms. The van der Waals surface area contributed by atoms with Gasteiger partial charge in [0.15, 0.2) is 11.5 Å². The lowest BCUT2D eigenvalue weighted by Gasteiger charge is -2.59. The Morgan fingerprint density at radius 1 is 0.861 bits per heavy atom. The van der Waals surface area contributed by atoms with E-state index in [1.165, 1.54) is 12.1 Å². The van der Waals surface area contributed by atoms with Crippen molar-refractivity contribution in [2.24, 2.45) is 22.9 Å². The average Bonchev–Trinajstić information content (AvgIpc) is 3.88. The lowest BCUT2D eigenvalue weighted by atomic mass is 9.55. The van der Waals surface area contributed by atoms with E-state index in [-0.39, 0.29) is 76.2 Å². The lowest BCUT2D eigenvalue weighted by molar-refractivity contribution is -0.384. The smallest absolute Gasteiger partial charge is 0.410 e. The zero-order valence-corrected chi connectivity index (χ0v) is 40.4. The number of fused-ring (bicyclic) bond motifs is 3. The summed E-state index contributed by atoms with van der Waals surface area (Å²) < 4.78 is 38.5. The van der Waals surface area contributed by atoms with Crippen LogP contribution in [0.5, 0.6) is 28.7 Å². The van der Waals surface area contributed by atoms with Crippen molar-refractivity contribution in [2.45, 2.75) is 82.8 Å². The zero-order valence-electron chi connectivity index (χ0n) is 40.4. The number of nitro groups is 1. The van der Waals surface area contributed by atoms with Crippen molar-refractivity contribution in [3.05, 3.63) is 166 Å². The minimum atomic E-state index is -1.56. The third kappa shape index (κ3) is 10.7. The van der Waals surface area contributed by atoms with Crippen LogP contribution < -0.4 is 18.9 Å². The van der Waals surface area contributed by atoms with Crippen LogP contribution in [0.1, 0.15) is 74.5 Å². The normalized spacial score (nSPS) is 21.9. The predicted octanol–water partition coefficient (Wildman–Crippen LogP) is 11.3. The number of carbonyl (C=O) groups is 1. The van der Waals surface area contributed by atoms with Crippen molar-refractivity contribution in [1.82, 2.24) is 4.90 Å². The molecule has 0 spiro atoms. The Bertz CT molecular complexity index is 2750. The molecule has 5 aromatic carbocycles. The average molecular weight is 980 g/mol. The van der Waals surface area contributed by atoms with Gasteiger partial charge in [-0.15, -0.1) is 6.58 Å². The number of non-ortho nitro benzene ring substituents is 1. The number of nitro benzene ring substituents is 1. The van der Waals surface area contributed by atoms with Gasteiger partial charge in [-0.05, 0) is 127 Å². The fourth-order valence-corrected chi connectivity index (χ4v) is 10.8. The Morgan fingerprint density at radius 3 is 2.31 bits per heavy atom. The fourth-order valence-electron chi connectivity index (χ4n) is 10.8. The molecule has 9 rings (SSSR count). The van der Waals surface area contributed by atoms with Gasteiger partial charge in [-0.1, -0.05) is 78.7 Å². The zero-order chi connectivity index (χ0) is 50.0. The molecule has 72 heavy (non-hydrogen) atoms. The van der Waals surface area contributed by atoms with E-state index in [9.17, 15) is 25.1 Å². The van der Waals surface area contributed by atoms with E-state index >= 15 is 0 Å². The number of carbonyl (C=O) groups excluding carboxylic acids is 1. The first-order valence-corrected chi connectivity index (χ1v) is 24.8. The maximum atomic E-state index is 14.7. The molecule has 15 heteroatoms. The fraction of sp³-hybridized carbons (Fsp3) is 0.368. The summed E-state index contributed by atoms with van der Waals surface area (Å²) in [7, 11) is 0. The van der Waals surface area contributed by atoms with E-state index in [4.69, 9.17) is 38.4 Å². The maximum Gasteiger partial charge on any atom is 0.410 e. The molecule has 4 aliphatic rings. The van der Waals surface area contributed by atoms with Crippen molar-refractivity contribution >= 4 is 17.5 Å². The van der Waals surface area contributed by atoms with E-state index < -0.39 is 28.8 Å². The van der Waals surface area contributed by atoms with Crippen molar-refractivity contribution in [3.8, 4) is 39.9 Å². The van der Waals surface area contributed by atoms with Crippen LogP contribution in [0.4, 0.5) is 10.5 Å². The van der Waals surface area contributed by atoms with Gasteiger partial charge in [0.1, 0.15) is 29.9 Å². The van der Waals surface area contributed by atoms with Gasteiger partial charge in [0.05, 0.1) is 29.8 Å². The third-order valence-electron chi connectivity index (χ3n) is 14.1. The summed E-state index contributed by atoms with van der Waals surface area (Å²) in [6.07, 6.45) is 7.71. The van der Waals surface area contributed by atoms with Gasteiger partial charge in [0.2, 0.25) is 12.6 Å². The van der Waals surface area contributed by atoms with Crippen molar-refractivity contribution in [1.29, 1.82) is 0 Å².